The molecule has 2 aliphatic heterocycles. The van der Waals surface area contributed by atoms with Crippen LogP contribution >= 0.6 is 10.8 Å². The van der Waals surface area contributed by atoms with Crippen LogP contribution in [0.5, 0.6) is 0 Å². The number of piperidine rings is 2. The molecule has 2 saturated heterocycles. The van der Waals surface area contributed by atoms with Crippen LogP contribution in [-0.4, -0.2) is 73.9 Å². The first-order valence-corrected chi connectivity index (χ1v) is 13.0. The summed E-state index contributed by atoms with van der Waals surface area (Å²) in [6.07, 6.45) is 6.52. The number of carbonyl (C=O) groups excluding carboxylic acids is 1. The molecule has 170 valence electrons. The Morgan fingerprint density at radius 2 is 1.97 bits per heavy atom. The highest BCUT2D eigenvalue weighted by atomic mass is 32.3. The van der Waals surface area contributed by atoms with E-state index in [-0.39, 0.29) is 18.0 Å². The fourth-order valence-electron chi connectivity index (χ4n) is 4.77. The molecule has 30 heavy (non-hydrogen) atoms. The van der Waals surface area contributed by atoms with E-state index >= 15 is 0 Å². The summed E-state index contributed by atoms with van der Waals surface area (Å²) in [4.78, 5) is 14.9. The third-order valence-electron chi connectivity index (χ3n) is 6.88. The van der Waals surface area contributed by atoms with E-state index in [0.29, 0.717) is 36.2 Å². The van der Waals surface area contributed by atoms with E-state index in [1.54, 1.807) is 6.07 Å². The average Bonchev–Trinajstić information content (AvgIpc) is 3.45. The van der Waals surface area contributed by atoms with Crippen LogP contribution in [0.15, 0.2) is 10.6 Å². The lowest BCUT2D eigenvalue weighted by molar-refractivity contribution is 0.0898. The quantitative estimate of drug-likeness (QED) is 0.596. The van der Waals surface area contributed by atoms with E-state index in [2.05, 4.69) is 29.3 Å². The standard InChI is InChI=1S/C21H36N4O4S/c1-3-18-12-17(22-21(26)19-13-20(29-23-19)16-4-5-16)8-11-25(18)30(27,28)14-15-6-9-24(2)10-7-15/h13,15-18,27-28H,3-12,14H2,1-2H3,(H,22,26)/t17-,18?/m0/s1. The van der Waals surface area contributed by atoms with E-state index in [1.165, 1.54) is 0 Å². The highest BCUT2D eigenvalue weighted by Gasteiger charge is 2.37. The summed E-state index contributed by atoms with van der Waals surface area (Å²) >= 11 is 0. The number of carbonyl (C=O) groups is 1. The largest absolute Gasteiger partial charge is 0.360 e. The van der Waals surface area contributed by atoms with Crippen LogP contribution in [0.1, 0.15) is 74.0 Å². The molecule has 0 spiro atoms. The van der Waals surface area contributed by atoms with Crippen LogP contribution in [0.4, 0.5) is 0 Å². The molecule has 1 saturated carbocycles. The van der Waals surface area contributed by atoms with E-state index < -0.39 is 10.8 Å². The second-order valence-electron chi connectivity index (χ2n) is 9.33. The number of amides is 1. The van der Waals surface area contributed by atoms with E-state index in [1.807, 2.05) is 4.31 Å². The van der Waals surface area contributed by atoms with Gasteiger partial charge in [0.15, 0.2) is 5.69 Å². The Morgan fingerprint density at radius 3 is 2.63 bits per heavy atom. The van der Waals surface area contributed by atoms with E-state index in [9.17, 15) is 13.9 Å². The first-order chi connectivity index (χ1) is 14.4. The van der Waals surface area contributed by atoms with Crippen LogP contribution < -0.4 is 5.32 Å². The van der Waals surface area contributed by atoms with Gasteiger partial charge in [-0.1, -0.05) is 12.1 Å². The molecule has 0 bridgehead atoms. The van der Waals surface area contributed by atoms with Gasteiger partial charge in [0.25, 0.3) is 5.91 Å². The number of rotatable bonds is 7. The summed E-state index contributed by atoms with van der Waals surface area (Å²) in [5.74, 6) is 1.88. The molecule has 2 atom stereocenters. The Labute approximate surface area is 180 Å². The number of likely N-dealkylation sites (tertiary alicyclic amines) is 1. The predicted octanol–water partition coefficient (Wildman–Crippen LogP) is 3.53. The van der Waals surface area contributed by atoms with Crippen molar-refractivity contribution in [1.82, 2.24) is 19.7 Å². The first-order valence-electron chi connectivity index (χ1n) is 11.3. The highest BCUT2D eigenvalue weighted by Crippen LogP contribution is 2.50. The number of aromatic nitrogens is 1. The van der Waals surface area contributed by atoms with Gasteiger partial charge in [-0.05, 0) is 71.0 Å². The highest BCUT2D eigenvalue weighted by molar-refractivity contribution is 8.22. The maximum atomic E-state index is 12.6. The number of nitrogens with one attached hydrogen (secondary N) is 1. The molecule has 3 heterocycles. The lowest BCUT2D eigenvalue weighted by Crippen LogP contribution is -2.51. The van der Waals surface area contributed by atoms with Crippen LogP contribution in [0.3, 0.4) is 0 Å². The fraction of sp³-hybridized carbons (Fsp3) is 0.810. The van der Waals surface area contributed by atoms with Crippen molar-refractivity contribution in [1.29, 1.82) is 0 Å². The Kier molecular flexibility index (Phi) is 6.74. The molecule has 1 aliphatic carbocycles. The van der Waals surface area contributed by atoms with Crippen LogP contribution in [-0.2, 0) is 0 Å². The van der Waals surface area contributed by atoms with Crippen molar-refractivity contribution in [2.75, 3.05) is 32.4 Å². The monoisotopic (exact) mass is 440 g/mol. The van der Waals surface area contributed by atoms with Crippen LogP contribution in [0.2, 0.25) is 0 Å². The van der Waals surface area contributed by atoms with Gasteiger partial charge in [-0.25, -0.2) is 4.31 Å². The van der Waals surface area contributed by atoms with Crippen molar-refractivity contribution in [3.63, 3.8) is 0 Å². The third-order valence-corrected chi connectivity index (χ3v) is 9.03. The summed E-state index contributed by atoms with van der Waals surface area (Å²) in [5, 5.41) is 7.01. The van der Waals surface area contributed by atoms with Crippen LogP contribution in [0.25, 0.3) is 0 Å². The van der Waals surface area contributed by atoms with Gasteiger partial charge in [0, 0.05) is 30.6 Å². The number of hydrogen-bond donors (Lipinski definition) is 3. The van der Waals surface area contributed by atoms with E-state index in [0.717, 1.165) is 57.4 Å². The molecule has 1 amide bonds. The molecule has 0 aromatic carbocycles. The predicted molar refractivity (Wildman–Crippen MR) is 118 cm³/mol. The molecule has 3 N–H and O–H groups in total. The third kappa shape index (κ3) is 5.19. The molecule has 1 aromatic heterocycles. The summed E-state index contributed by atoms with van der Waals surface area (Å²) in [5.41, 5.74) is 0.346. The summed E-state index contributed by atoms with van der Waals surface area (Å²) in [6, 6.07) is 1.83. The summed E-state index contributed by atoms with van der Waals surface area (Å²) in [7, 11) is -0.673. The first kappa shape index (κ1) is 22.1. The van der Waals surface area contributed by atoms with Gasteiger partial charge in [0.2, 0.25) is 0 Å². The molecule has 3 fully saturated rings. The Bertz CT molecular complexity index is 730. The fourth-order valence-corrected chi connectivity index (χ4v) is 7.04. The zero-order chi connectivity index (χ0) is 21.3. The molecule has 0 radical (unpaired) electrons. The molecule has 1 unspecified atom stereocenters. The average molecular weight is 441 g/mol. The van der Waals surface area contributed by atoms with Crippen molar-refractivity contribution in [3.8, 4) is 0 Å². The summed E-state index contributed by atoms with van der Waals surface area (Å²) < 4.78 is 29.2. The van der Waals surface area contributed by atoms with Gasteiger partial charge in [0.05, 0.1) is 5.75 Å². The van der Waals surface area contributed by atoms with Crippen molar-refractivity contribution < 1.29 is 18.4 Å². The molecule has 8 nitrogen and oxygen atoms in total. The normalized spacial score (nSPS) is 27.9. The van der Waals surface area contributed by atoms with Gasteiger partial charge in [-0.2, -0.15) is 0 Å². The molecular formula is C21H36N4O4S. The van der Waals surface area contributed by atoms with Gasteiger partial charge < -0.3 is 14.7 Å². The Balaban J connectivity index is 1.31. The zero-order valence-electron chi connectivity index (χ0n) is 18.1. The second kappa shape index (κ2) is 9.16. The Morgan fingerprint density at radius 1 is 1.23 bits per heavy atom. The van der Waals surface area contributed by atoms with Crippen molar-refractivity contribution in [2.45, 2.75) is 69.9 Å². The molecule has 1 aromatic rings. The zero-order valence-corrected chi connectivity index (χ0v) is 18.9. The van der Waals surface area contributed by atoms with Gasteiger partial charge in [0.1, 0.15) is 5.76 Å². The number of hydrogen-bond acceptors (Lipinski definition) is 7. The summed E-state index contributed by atoms with van der Waals surface area (Å²) in [6.45, 7) is 4.71. The lowest BCUT2D eigenvalue weighted by Gasteiger charge is -2.52. The molecule has 4 rings (SSSR count). The lowest BCUT2D eigenvalue weighted by atomic mass is 9.97. The van der Waals surface area contributed by atoms with Crippen molar-refractivity contribution in [2.24, 2.45) is 5.92 Å². The minimum atomic E-state index is -2.79. The maximum absolute atomic E-state index is 12.6. The second-order valence-corrected chi connectivity index (χ2v) is 11.4. The van der Waals surface area contributed by atoms with Crippen molar-refractivity contribution >= 4 is 16.7 Å². The van der Waals surface area contributed by atoms with E-state index in [4.69, 9.17) is 4.52 Å². The minimum absolute atomic E-state index is 0.0123. The number of nitrogens with zero attached hydrogens (tertiary/aromatic N) is 3. The maximum Gasteiger partial charge on any atom is 0.273 e. The van der Waals surface area contributed by atoms with Gasteiger partial charge in [-0.15, -0.1) is 10.8 Å². The Hall–Kier alpha value is -1.13. The minimum Gasteiger partial charge on any atom is -0.360 e. The molecule has 3 aliphatic rings. The smallest absolute Gasteiger partial charge is 0.273 e. The van der Waals surface area contributed by atoms with Gasteiger partial charge in [-0.3, -0.25) is 13.9 Å². The topological polar surface area (TPSA) is 102 Å². The van der Waals surface area contributed by atoms with Crippen LogP contribution in [0, 0.1) is 5.92 Å². The van der Waals surface area contributed by atoms with Crippen molar-refractivity contribution in [3.05, 3.63) is 17.5 Å². The van der Waals surface area contributed by atoms with Gasteiger partial charge >= 0.3 is 0 Å². The molecule has 9 heteroatoms. The SMILES string of the molecule is CCC1C[C@@H](NC(=O)c2cc(C3CC3)on2)CCN1S(O)(O)CC1CCN(C)CC1. The molecular weight excluding hydrogens is 404 g/mol.